The first-order chi connectivity index (χ1) is 8.81. The van der Waals surface area contributed by atoms with E-state index in [4.69, 9.17) is 9.47 Å². The van der Waals surface area contributed by atoms with Gasteiger partial charge in [-0.1, -0.05) is 19.3 Å². The number of esters is 1. The number of nitrogens with one attached hydrogen (secondary N) is 1. The number of H-pyrrole nitrogens is 1. The molecule has 0 spiro atoms. The van der Waals surface area contributed by atoms with Crippen molar-refractivity contribution in [3.8, 4) is 5.88 Å². The summed E-state index contributed by atoms with van der Waals surface area (Å²) in [5.74, 6) is 0.640. The fourth-order valence-corrected chi connectivity index (χ4v) is 2.29. The van der Waals surface area contributed by atoms with E-state index >= 15 is 0 Å². The normalized spacial score (nSPS) is 16.5. The quantitative estimate of drug-likeness (QED) is 0.818. The van der Waals surface area contributed by atoms with Crippen LogP contribution in [0.5, 0.6) is 5.88 Å². The molecule has 18 heavy (non-hydrogen) atoms. The Bertz CT molecular complexity index is 383. The molecule has 1 heterocycles. The van der Waals surface area contributed by atoms with E-state index in [1.807, 2.05) is 0 Å². The van der Waals surface area contributed by atoms with Crippen molar-refractivity contribution in [3.63, 3.8) is 0 Å². The summed E-state index contributed by atoms with van der Waals surface area (Å²) in [6.45, 7) is 2.78. The first-order valence-electron chi connectivity index (χ1n) is 6.64. The predicted molar refractivity (Wildman–Crippen MR) is 66.6 cm³/mol. The van der Waals surface area contributed by atoms with Crippen LogP contribution in [0.4, 0.5) is 0 Å². The monoisotopic (exact) mass is 252 g/mol. The molecule has 5 nitrogen and oxygen atoms in total. The number of aromatic amines is 1. The second-order valence-electron chi connectivity index (χ2n) is 4.65. The van der Waals surface area contributed by atoms with Crippen molar-refractivity contribution in [2.75, 3.05) is 13.2 Å². The zero-order chi connectivity index (χ0) is 12.8. The van der Waals surface area contributed by atoms with Crippen molar-refractivity contribution in [1.29, 1.82) is 0 Å². The van der Waals surface area contributed by atoms with Gasteiger partial charge in [-0.15, -0.1) is 0 Å². The largest absolute Gasteiger partial charge is 0.477 e. The Balaban J connectivity index is 1.88. The molecule has 1 aliphatic carbocycles. The number of nitrogens with zero attached hydrogens (tertiary/aromatic N) is 1. The number of hydrogen-bond acceptors (Lipinski definition) is 4. The molecular formula is C13H20N2O3. The van der Waals surface area contributed by atoms with E-state index in [1.54, 1.807) is 6.92 Å². The highest BCUT2D eigenvalue weighted by molar-refractivity contribution is 5.91. The summed E-state index contributed by atoms with van der Waals surface area (Å²) in [6.07, 6.45) is 7.76. The van der Waals surface area contributed by atoms with E-state index in [0.29, 0.717) is 30.6 Å². The third-order valence-electron chi connectivity index (χ3n) is 3.29. The van der Waals surface area contributed by atoms with Gasteiger partial charge in [0.25, 0.3) is 0 Å². The van der Waals surface area contributed by atoms with Crippen molar-refractivity contribution in [2.24, 2.45) is 5.92 Å². The van der Waals surface area contributed by atoms with Gasteiger partial charge in [0.2, 0.25) is 5.88 Å². The molecule has 1 N–H and O–H groups in total. The average molecular weight is 252 g/mol. The van der Waals surface area contributed by atoms with E-state index < -0.39 is 0 Å². The van der Waals surface area contributed by atoms with Crippen molar-refractivity contribution >= 4 is 5.97 Å². The van der Waals surface area contributed by atoms with Crippen LogP contribution in [0.3, 0.4) is 0 Å². The molecule has 0 amide bonds. The highest BCUT2D eigenvalue weighted by Gasteiger charge is 2.19. The van der Waals surface area contributed by atoms with Gasteiger partial charge >= 0.3 is 5.97 Å². The number of hydrogen-bond donors (Lipinski definition) is 1. The third kappa shape index (κ3) is 3.24. The smallest absolute Gasteiger partial charge is 0.345 e. The molecule has 0 saturated heterocycles. The van der Waals surface area contributed by atoms with Gasteiger partial charge < -0.3 is 9.47 Å². The number of ether oxygens (including phenoxy) is 2. The number of rotatable bonds is 5. The standard InChI is InChI=1S/C13H20N2O3/c1-2-17-13(16)11-8-14-15-12(11)18-9-10-6-4-3-5-7-10/h8,10H,2-7,9H2,1H3,(H,14,15). The van der Waals surface area contributed by atoms with Crippen LogP contribution in [0.2, 0.25) is 0 Å². The first-order valence-corrected chi connectivity index (χ1v) is 6.64. The Morgan fingerprint density at radius 1 is 1.44 bits per heavy atom. The highest BCUT2D eigenvalue weighted by Crippen LogP contribution is 2.25. The number of carbonyl (C=O) groups excluding carboxylic acids is 1. The minimum atomic E-state index is -0.384. The molecule has 1 saturated carbocycles. The first kappa shape index (κ1) is 12.9. The van der Waals surface area contributed by atoms with Gasteiger partial charge in [-0.25, -0.2) is 9.89 Å². The number of carbonyl (C=O) groups is 1. The van der Waals surface area contributed by atoms with Crippen molar-refractivity contribution in [3.05, 3.63) is 11.8 Å². The summed E-state index contributed by atoms with van der Waals surface area (Å²) in [6, 6.07) is 0. The molecule has 0 bridgehead atoms. The summed E-state index contributed by atoms with van der Waals surface area (Å²) in [5.41, 5.74) is 0.382. The summed E-state index contributed by atoms with van der Waals surface area (Å²) in [4.78, 5) is 11.6. The molecule has 100 valence electrons. The Morgan fingerprint density at radius 2 is 2.22 bits per heavy atom. The molecule has 0 radical (unpaired) electrons. The van der Waals surface area contributed by atoms with Crippen LogP contribution < -0.4 is 4.74 Å². The summed E-state index contributed by atoms with van der Waals surface area (Å²) in [7, 11) is 0. The highest BCUT2D eigenvalue weighted by atomic mass is 16.5. The number of aromatic nitrogens is 2. The maximum Gasteiger partial charge on any atom is 0.345 e. The molecule has 5 heteroatoms. The SMILES string of the molecule is CCOC(=O)c1cn[nH]c1OCC1CCCCC1. The van der Waals surface area contributed by atoms with Gasteiger partial charge in [0.05, 0.1) is 19.4 Å². The van der Waals surface area contributed by atoms with Crippen LogP contribution in [-0.2, 0) is 4.74 Å². The summed E-state index contributed by atoms with van der Waals surface area (Å²) in [5, 5.41) is 6.55. The molecule has 2 rings (SSSR count). The van der Waals surface area contributed by atoms with Gasteiger partial charge in [-0.2, -0.15) is 5.10 Å². The lowest BCUT2D eigenvalue weighted by Gasteiger charge is -2.21. The molecule has 1 aliphatic rings. The lowest BCUT2D eigenvalue weighted by Crippen LogP contribution is -2.16. The molecule has 1 aromatic rings. The van der Waals surface area contributed by atoms with E-state index in [1.165, 1.54) is 38.3 Å². The van der Waals surface area contributed by atoms with E-state index in [-0.39, 0.29) is 5.97 Å². The summed E-state index contributed by atoms with van der Waals surface area (Å²) >= 11 is 0. The predicted octanol–water partition coefficient (Wildman–Crippen LogP) is 2.55. The molecule has 0 aromatic carbocycles. The van der Waals surface area contributed by atoms with E-state index in [2.05, 4.69) is 10.2 Å². The molecular weight excluding hydrogens is 232 g/mol. The lowest BCUT2D eigenvalue weighted by atomic mass is 9.90. The van der Waals surface area contributed by atoms with Crippen LogP contribution in [0.25, 0.3) is 0 Å². The average Bonchev–Trinajstić information content (AvgIpc) is 2.86. The van der Waals surface area contributed by atoms with Gasteiger partial charge in [0.1, 0.15) is 5.56 Å². The Morgan fingerprint density at radius 3 is 2.94 bits per heavy atom. The van der Waals surface area contributed by atoms with Gasteiger partial charge in [0.15, 0.2) is 0 Å². The molecule has 1 fully saturated rings. The van der Waals surface area contributed by atoms with Gasteiger partial charge in [-0.3, -0.25) is 0 Å². The van der Waals surface area contributed by atoms with Crippen LogP contribution in [0, 0.1) is 5.92 Å². The Labute approximate surface area is 107 Å². The van der Waals surface area contributed by atoms with Crippen molar-refractivity contribution in [2.45, 2.75) is 39.0 Å². The maximum absolute atomic E-state index is 11.6. The molecule has 0 atom stereocenters. The fourth-order valence-electron chi connectivity index (χ4n) is 2.29. The Hall–Kier alpha value is -1.52. The molecule has 0 aliphatic heterocycles. The summed E-state index contributed by atoms with van der Waals surface area (Å²) < 4.78 is 10.6. The van der Waals surface area contributed by atoms with Crippen LogP contribution in [0.1, 0.15) is 49.4 Å². The second kappa shape index (κ2) is 6.42. The van der Waals surface area contributed by atoms with Gasteiger partial charge in [0, 0.05) is 0 Å². The minimum absolute atomic E-state index is 0.353. The maximum atomic E-state index is 11.6. The van der Waals surface area contributed by atoms with Crippen LogP contribution in [-0.4, -0.2) is 29.4 Å². The van der Waals surface area contributed by atoms with E-state index in [0.717, 1.165) is 0 Å². The molecule has 0 unspecified atom stereocenters. The second-order valence-corrected chi connectivity index (χ2v) is 4.65. The zero-order valence-corrected chi connectivity index (χ0v) is 10.8. The zero-order valence-electron chi connectivity index (χ0n) is 10.8. The third-order valence-corrected chi connectivity index (χ3v) is 3.29. The fraction of sp³-hybridized carbons (Fsp3) is 0.692. The minimum Gasteiger partial charge on any atom is -0.477 e. The van der Waals surface area contributed by atoms with Gasteiger partial charge in [-0.05, 0) is 25.7 Å². The lowest BCUT2D eigenvalue weighted by molar-refractivity contribution is 0.0520. The topological polar surface area (TPSA) is 64.2 Å². The Kier molecular flexibility index (Phi) is 4.61. The van der Waals surface area contributed by atoms with Crippen molar-refractivity contribution in [1.82, 2.24) is 10.2 Å². The van der Waals surface area contributed by atoms with Crippen molar-refractivity contribution < 1.29 is 14.3 Å². The van der Waals surface area contributed by atoms with Crippen LogP contribution in [0.15, 0.2) is 6.20 Å². The van der Waals surface area contributed by atoms with E-state index in [9.17, 15) is 4.79 Å². The molecule has 1 aromatic heterocycles. The van der Waals surface area contributed by atoms with Crippen LogP contribution >= 0.6 is 0 Å².